The molecule has 1 saturated heterocycles. The predicted molar refractivity (Wildman–Crippen MR) is 90.4 cm³/mol. The molecule has 1 aromatic carbocycles. The fourth-order valence-corrected chi connectivity index (χ4v) is 3.01. The van der Waals surface area contributed by atoms with Gasteiger partial charge in [-0.15, -0.1) is 0 Å². The minimum Gasteiger partial charge on any atom is -0.493 e. The number of nitrogen functional groups attached to an aromatic ring is 1. The van der Waals surface area contributed by atoms with Crippen LogP contribution >= 0.6 is 0 Å². The zero-order valence-corrected chi connectivity index (χ0v) is 14.8. The van der Waals surface area contributed by atoms with Crippen molar-refractivity contribution in [3.8, 4) is 17.2 Å². The Labute approximate surface area is 146 Å². The Morgan fingerprint density at radius 1 is 1.08 bits per heavy atom. The zero-order valence-electron chi connectivity index (χ0n) is 14.8. The van der Waals surface area contributed by atoms with Crippen LogP contribution in [-0.2, 0) is 6.54 Å². The van der Waals surface area contributed by atoms with E-state index in [2.05, 4.69) is 15.2 Å². The third-order valence-corrected chi connectivity index (χ3v) is 4.29. The molecule has 3 rings (SSSR count). The Hall–Kier alpha value is -2.68. The predicted octanol–water partition coefficient (Wildman–Crippen LogP) is 0.0239. The topological polar surface area (TPSA) is 90.1 Å². The molecule has 0 unspecified atom stereocenters. The van der Waals surface area contributed by atoms with Gasteiger partial charge in [-0.2, -0.15) is 5.01 Å². The molecule has 2 heterocycles. The van der Waals surface area contributed by atoms with Gasteiger partial charge in [-0.05, 0) is 6.07 Å². The normalized spacial score (nSPS) is 15.2. The Bertz CT molecular complexity index is 713. The van der Waals surface area contributed by atoms with Gasteiger partial charge in [-0.1, -0.05) is 6.07 Å². The van der Waals surface area contributed by atoms with Gasteiger partial charge in [0.15, 0.2) is 11.5 Å². The molecule has 136 valence electrons. The Balaban J connectivity index is 1.67. The van der Waals surface area contributed by atoms with Crippen molar-refractivity contribution in [2.75, 3.05) is 58.3 Å². The van der Waals surface area contributed by atoms with Crippen LogP contribution in [0.2, 0.25) is 0 Å². The molecule has 2 aromatic rings. The Morgan fingerprint density at radius 2 is 1.80 bits per heavy atom. The minimum atomic E-state index is 0.303. The maximum Gasteiger partial charge on any atom is 0.296 e. The van der Waals surface area contributed by atoms with Crippen LogP contribution in [0, 0.1) is 0 Å². The van der Waals surface area contributed by atoms with Crippen molar-refractivity contribution in [3.05, 3.63) is 23.9 Å². The van der Waals surface area contributed by atoms with E-state index in [-0.39, 0.29) is 0 Å². The smallest absolute Gasteiger partial charge is 0.296 e. The van der Waals surface area contributed by atoms with Gasteiger partial charge < -0.3 is 19.9 Å². The number of hydrogen-bond acceptors (Lipinski definition) is 8. The molecular formula is C16H24N5O4+. The lowest BCUT2D eigenvalue weighted by Gasteiger charge is -2.30. The lowest BCUT2D eigenvalue weighted by atomic mass is 10.1. The first-order chi connectivity index (χ1) is 12.2. The molecule has 0 saturated carbocycles. The van der Waals surface area contributed by atoms with E-state index in [0.29, 0.717) is 23.1 Å². The van der Waals surface area contributed by atoms with E-state index >= 15 is 0 Å². The van der Waals surface area contributed by atoms with Crippen molar-refractivity contribution in [2.24, 2.45) is 0 Å². The highest BCUT2D eigenvalue weighted by Crippen LogP contribution is 2.40. The lowest BCUT2D eigenvalue weighted by molar-refractivity contribution is -0.759. The number of hydrogen-bond donors (Lipinski definition) is 1. The van der Waals surface area contributed by atoms with Crippen molar-refractivity contribution in [1.82, 2.24) is 10.2 Å². The van der Waals surface area contributed by atoms with Crippen molar-refractivity contribution in [3.63, 3.8) is 0 Å². The number of aromatic nitrogens is 2. The number of ether oxygens (including phenoxy) is 3. The second kappa shape index (κ2) is 7.47. The number of anilines is 1. The molecule has 0 bridgehead atoms. The average molecular weight is 350 g/mol. The molecule has 1 aromatic heterocycles. The van der Waals surface area contributed by atoms with Gasteiger partial charge in [-0.25, -0.2) is 0 Å². The van der Waals surface area contributed by atoms with E-state index in [1.807, 2.05) is 12.1 Å². The third kappa shape index (κ3) is 3.55. The summed E-state index contributed by atoms with van der Waals surface area (Å²) < 4.78 is 21.3. The molecule has 2 N–H and O–H groups in total. The molecule has 9 heteroatoms. The van der Waals surface area contributed by atoms with Crippen molar-refractivity contribution < 1.29 is 23.5 Å². The van der Waals surface area contributed by atoms with Crippen molar-refractivity contribution >= 4 is 5.88 Å². The number of nitrogens with two attached hydrogens (primary N) is 1. The summed E-state index contributed by atoms with van der Waals surface area (Å²) in [6.45, 7) is 4.19. The van der Waals surface area contributed by atoms with Gasteiger partial charge in [0.25, 0.3) is 12.1 Å². The fraction of sp³-hybridized carbons (Fsp3) is 0.500. The summed E-state index contributed by atoms with van der Waals surface area (Å²) in [5.41, 5.74) is 6.64. The highest BCUT2D eigenvalue weighted by atomic mass is 16.5. The van der Waals surface area contributed by atoms with E-state index in [0.717, 1.165) is 38.3 Å². The monoisotopic (exact) mass is 350 g/mol. The maximum atomic E-state index is 5.57. The first kappa shape index (κ1) is 17.2. The van der Waals surface area contributed by atoms with Crippen molar-refractivity contribution in [2.45, 2.75) is 6.54 Å². The van der Waals surface area contributed by atoms with E-state index in [1.54, 1.807) is 32.3 Å². The first-order valence-electron chi connectivity index (χ1n) is 8.05. The highest BCUT2D eigenvalue weighted by Gasteiger charge is 2.26. The minimum absolute atomic E-state index is 0.303. The number of methoxy groups -OCH3 is 3. The first-order valence-corrected chi connectivity index (χ1v) is 8.05. The maximum absolute atomic E-state index is 5.57. The highest BCUT2D eigenvalue weighted by molar-refractivity contribution is 5.55. The van der Waals surface area contributed by atoms with Crippen LogP contribution in [0.25, 0.3) is 0 Å². The average Bonchev–Trinajstić information content (AvgIpc) is 3.08. The van der Waals surface area contributed by atoms with Crippen LogP contribution < -0.4 is 29.7 Å². The molecule has 1 fully saturated rings. The SMILES string of the molecule is COc1ccc(CN2CCN([n+]3cc(N)on3)CC2)c(OC)c1OC. The van der Waals surface area contributed by atoms with Crippen LogP contribution in [-0.4, -0.2) is 57.7 Å². The molecule has 0 radical (unpaired) electrons. The number of benzene rings is 1. The van der Waals surface area contributed by atoms with Gasteiger partial charge in [0, 0.05) is 25.2 Å². The van der Waals surface area contributed by atoms with E-state index in [1.165, 1.54) is 0 Å². The van der Waals surface area contributed by atoms with Crippen LogP contribution in [0.3, 0.4) is 0 Å². The third-order valence-electron chi connectivity index (χ3n) is 4.29. The van der Waals surface area contributed by atoms with Gasteiger partial charge in [0.05, 0.1) is 39.2 Å². The van der Waals surface area contributed by atoms with E-state index in [4.69, 9.17) is 24.5 Å². The zero-order chi connectivity index (χ0) is 17.8. The molecule has 0 amide bonds. The largest absolute Gasteiger partial charge is 0.493 e. The van der Waals surface area contributed by atoms with Crippen LogP contribution in [0.15, 0.2) is 22.9 Å². The Kier molecular flexibility index (Phi) is 5.13. The lowest BCUT2D eigenvalue weighted by Crippen LogP contribution is -2.65. The standard InChI is InChI=1S/C16H24N5O4/c1-22-13-5-4-12(15(23-2)16(13)24-3)10-19-6-8-20(9-7-19)21-11-14(17)25-18-21/h4-5,11H,6-10,17H2,1-3H3/q+1. The number of rotatable bonds is 6. The summed E-state index contributed by atoms with van der Waals surface area (Å²) in [5.74, 6) is 2.29. The van der Waals surface area contributed by atoms with Gasteiger partial charge >= 0.3 is 0 Å². The quantitative estimate of drug-likeness (QED) is 0.730. The summed E-state index contributed by atoms with van der Waals surface area (Å²) in [6, 6.07) is 3.92. The molecular weight excluding hydrogens is 326 g/mol. The van der Waals surface area contributed by atoms with Gasteiger partial charge in [0.2, 0.25) is 11.0 Å². The summed E-state index contributed by atoms with van der Waals surface area (Å²) in [5, 5.41) is 5.98. The van der Waals surface area contributed by atoms with Gasteiger partial charge in [0.1, 0.15) is 0 Å². The van der Waals surface area contributed by atoms with E-state index in [9.17, 15) is 0 Å². The molecule has 9 nitrogen and oxygen atoms in total. The molecule has 25 heavy (non-hydrogen) atoms. The van der Waals surface area contributed by atoms with Gasteiger partial charge in [-0.3, -0.25) is 9.42 Å². The fourth-order valence-electron chi connectivity index (χ4n) is 3.01. The van der Waals surface area contributed by atoms with Crippen LogP contribution in [0.4, 0.5) is 5.88 Å². The second-order valence-corrected chi connectivity index (χ2v) is 5.75. The summed E-state index contributed by atoms with van der Waals surface area (Å²) >= 11 is 0. The number of piperazine rings is 1. The molecule has 0 atom stereocenters. The van der Waals surface area contributed by atoms with Crippen LogP contribution in [0.1, 0.15) is 5.56 Å². The summed E-state index contributed by atoms with van der Waals surface area (Å²) in [6.07, 6.45) is 1.67. The van der Waals surface area contributed by atoms with Crippen molar-refractivity contribution in [1.29, 1.82) is 0 Å². The molecule has 0 spiro atoms. The second-order valence-electron chi connectivity index (χ2n) is 5.75. The molecule has 1 aliphatic heterocycles. The summed E-state index contributed by atoms with van der Waals surface area (Å²) in [4.78, 5) is 4.01. The molecule has 0 aliphatic carbocycles. The van der Waals surface area contributed by atoms with Crippen LogP contribution in [0.5, 0.6) is 17.2 Å². The summed E-state index contributed by atoms with van der Waals surface area (Å²) in [7, 11) is 4.87. The molecule has 1 aliphatic rings. The Morgan fingerprint density at radius 3 is 2.36 bits per heavy atom. The number of nitrogens with zero attached hydrogens (tertiary/aromatic N) is 4. The van der Waals surface area contributed by atoms with E-state index < -0.39 is 0 Å².